The molecule has 174 valence electrons. The predicted molar refractivity (Wildman–Crippen MR) is 129 cm³/mol. The zero-order valence-electron chi connectivity index (χ0n) is 18.3. The first-order valence-electron chi connectivity index (χ1n) is 10.5. The van der Waals surface area contributed by atoms with Gasteiger partial charge in [0.1, 0.15) is 6.04 Å². The second-order valence-electron chi connectivity index (χ2n) is 7.92. The number of anilines is 1. The number of hydrogen-bond acceptors (Lipinski definition) is 4. The number of H-pyrrole nitrogens is 1. The molecule has 0 saturated carbocycles. The Morgan fingerprint density at radius 3 is 2.32 bits per heavy atom. The van der Waals surface area contributed by atoms with Crippen LogP contribution in [0.3, 0.4) is 0 Å². The molecule has 0 aliphatic carbocycles. The molecule has 0 spiro atoms. The van der Waals surface area contributed by atoms with Crippen LogP contribution < -0.4 is 10.0 Å². The van der Waals surface area contributed by atoms with Crippen LogP contribution in [0, 0.1) is 6.92 Å². The lowest BCUT2D eigenvalue weighted by Gasteiger charge is -2.15. The van der Waals surface area contributed by atoms with Gasteiger partial charge in [-0.05, 0) is 55.0 Å². The maximum Gasteiger partial charge on any atom is 0.322 e. The third-order valence-electron chi connectivity index (χ3n) is 5.43. The fraction of sp³-hybridized carbons (Fsp3) is 0.120. The molecule has 34 heavy (non-hydrogen) atoms. The van der Waals surface area contributed by atoms with E-state index in [0.717, 1.165) is 16.5 Å². The largest absolute Gasteiger partial charge is 0.480 e. The number of aryl methyl sites for hydroxylation is 1. The molecule has 4 rings (SSSR count). The molecule has 1 heterocycles. The van der Waals surface area contributed by atoms with Crippen LogP contribution in [0.2, 0.25) is 0 Å². The molecule has 0 aliphatic rings. The summed E-state index contributed by atoms with van der Waals surface area (Å²) in [6, 6.07) is 18.6. The summed E-state index contributed by atoms with van der Waals surface area (Å²) in [5.41, 5.74) is 3.46. The van der Waals surface area contributed by atoms with Crippen molar-refractivity contribution in [2.75, 3.05) is 5.32 Å². The number of carbonyl (C=O) groups is 2. The Kier molecular flexibility index (Phi) is 6.49. The van der Waals surface area contributed by atoms with Crippen LogP contribution in [0.15, 0.2) is 83.9 Å². The van der Waals surface area contributed by atoms with E-state index in [2.05, 4.69) is 15.0 Å². The van der Waals surface area contributed by atoms with E-state index in [1.54, 1.807) is 18.3 Å². The average Bonchev–Trinajstić information content (AvgIpc) is 3.22. The van der Waals surface area contributed by atoms with E-state index in [9.17, 15) is 23.1 Å². The van der Waals surface area contributed by atoms with Crippen LogP contribution in [0.5, 0.6) is 0 Å². The van der Waals surface area contributed by atoms with Gasteiger partial charge in [-0.15, -0.1) is 0 Å². The van der Waals surface area contributed by atoms with Gasteiger partial charge in [0.2, 0.25) is 10.0 Å². The van der Waals surface area contributed by atoms with Crippen LogP contribution in [-0.4, -0.2) is 36.4 Å². The van der Waals surface area contributed by atoms with Crippen LogP contribution in [0.4, 0.5) is 5.69 Å². The summed E-state index contributed by atoms with van der Waals surface area (Å²) in [5, 5.41) is 13.2. The number of carboxylic acid groups (broad SMARTS) is 1. The number of rotatable bonds is 8. The number of aliphatic carboxylic acids is 1. The summed E-state index contributed by atoms with van der Waals surface area (Å²) in [7, 11) is -4.12. The highest BCUT2D eigenvalue weighted by Crippen LogP contribution is 2.21. The quantitative estimate of drug-likeness (QED) is 0.308. The Balaban J connectivity index is 1.47. The normalized spacial score (nSPS) is 12.4. The van der Waals surface area contributed by atoms with E-state index < -0.39 is 22.0 Å². The fourth-order valence-electron chi connectivity index (χ4n) is 3.58. The molecule has 4 aromatic rings. The van der Waals surface area contributed by atoms with Crippen LogP contribution >= 0.6 is 0 Å². The van der Waals surface area contributed by atoms with E-state index in [0.29, 0.717) is 16.8 Å². The fourth-order valence-corrected chi connectivity index (χ4v) is 4.77. The zero-order chi connectivity index (χ0) is 24.3. The van der Waals surface area contributed by atoms with Crippen molar-refractivity contribution in [3.8, 4) is 0 Å². The summed E-state index contributed by atoms with van der Waals surface area (Å²) in [6.07, 6.45) is 1.66. The monoisotopic (exact) mass is 477 g/mol. The van der Waals surface area contributed by atoms with E-state index in [-0.39, 0.29) is 17.2 Å². The molecule has 9 heteroatoms. The van der Waals surface area contributed by atoms with Gasteiger partial charge in [-0.25, -0.2) is 8.42 Å². The third-order valence-corrected chi connectivity index (χ3v) is 6.92. The highest BCUT2D eigenvalue weighted by molar-refractivity contribution is 7.89. The number of amides is 1. The Morgan fingerprint density at radius 2 is 1.65 bits per heavy atom. The van der Waals surface area contributed by atoms with Crippen molar-refractivity contribution in [2.24, 2.45) is 0 Å². The molecule has 0 saturated heterocycles. The average molecular weight is 478 g/mol. The standard InChI is InChI=1S/C25H23N3O5S/c1-16-6-8-17(9-7-16)24(29)27-19-10-12-20(13-11-19)34(32,33)28-23(25(30)31)14-18-15-26-22-5-3-2-4-21(18)22/h2-13,15,23,26,28H,14H2,1H3,(H,27,29)(H,30,31)/t23-/m1/s1. The van der Waals surface area contributed by atoms with Gasteiger partial charge in [-0.2, -0.15) is 4.72 Å². The van der Waals surface area contributed by atoms with Gasteiger partial charge in [-0.1, -0.05) is 35.9 Å². The molecule has 1 atom stereocenters. The van der Waals surface area contributed by atoms with Gasteiger partial charge in [0.05, 0.1) is 4.90 Å². The number of carbonyl (C=O) groups excluding carboxylic acids is 1. The smallest absolute Gasteiger partial charge is 0.322 e. The zero-order valence-corrected chi connectivity index (χ0v) is 19.1. The van der Waals surface area contributed by atoms with Crippen LogP contribution in [0.1, 0.15) is 21.5 Å². The maximum atomic E-state index is 12.9. The molecule has 8 nitrogen and oxygen atoms in total. The van der Waals surface area contributed by atoms with Crippen molar-refractivity contribution in [2.45, 2.75) is 24.3 Å². The van der Waals surface area contributed by atoms with Crippen molar-refractivity contribution < 1.29 is 23.1 Å². The van der Waals surface area contributed by atoms with Gasteiger partial charge in [0.15, 0.2) is 0 Å². The molecular formula is C25H23N3O5S. The first kappa shape index (κ1) is 23.2. The molecule has 1 amide bonds. The minimum Gasteiger partial charge on any atom is -0.480 e. The topological polar surface area (TPSA) is 128 Å². The predicted octanol–water partition coefficient (Wildman–Crippen LogP) is 3.70. The molecule has 0 unspecified atom stereocenters. The van der Waals surface area contributed by atoms with Gasteiger partial charge in [0.25, 0.3) is 5.91 Å². The Hall–Kier alpha value is -3.95. The minimum absolute atomic E-state index is 0.0245. The number of aromatic nitrogens is 1. The number of hydrogen-bond donors (Lipinski definition) is 4. The summed E-state index contributed by atoms with van der Waals surface area (Å²) < 4.78 is 28.0. The summed E-state index contributed by atoms with van der Waals surface area (Å²) in [4.78, 5) is 27.1. The van der Waals surface area contributed by atoms with Gasteiger partial charge < -0.3 is 15.4 Å². The SMILES string of the molecule is Cc1ccc(C(=O)Nc2ccc(S(=O)(=O)N[C@H](Cc3c[nH]c4ccccc34)C(=O)O)cc2)cc1. The van der Waals surface area contributed by atoms with E-state index in [1.807, 2.05) is 43.3 Å². The van der Waals surface area contributed by atoms with Crippen molar-refractivity contribution >= 4 is 38.5 Å². The maximum absolute atomic E-state index is 12.9. The lowest BCUT2D eigenvalue weighted by Crippen LogP contribution is -2.42. The molecule has 0 radical (unpaired) electrons. The van der Waals surface area contributed by atoms with Crippen LogP contribution in [0.25, 0.3) is 10.9 Å². The molecule has 0 bridgehead atoms. The lowest BCUT2D eigenvalue weighted by atomic mass is 10.1. The number of sulfonamides is 1. The number of para-hydroxylation sites is 1. The number of fused-ring (bicyclic) bond motifs is 1. The van der Waals surface area contributed by atoms with E-state index in [1.165, 1.54) is 24.3 Å². The van der Waals surface area contributed by atoms with Crippen molar-refractivity contribution in [1.29, 1.82) is 0 Å². The molecule has 1 aromatic heterocycles. The minimum atomic E-state index is -4.12. The number of aromatic amines is 1. The summed E-state index contributed by atoms with van der Waals surface area (Å²) in [5.74, 6) is -1.60. The first-order chi connectivity index (χ1) is 16.2. The van der Waals surface area contributed by atoms with E-state index in [4.69, 9.17) is 0 Å². The molecule has 0 fully saturated rings. The summed E-state index contributed by atoms with van der Waals surface area (Å²) >= 11 is 0. The highest BCUT2D eigenvalue weighted by atomic mass is 32.2. The first-order valence-corrected chi connectivity index (χ1v) is 12.0. The van der Waals surface area contributed by atoms with Crippen LogP contribution in [-0.2, 0) is 21.2 Å². The second-order valence-corrected chi connectivity index (χ2v) is 9.63. The second kappa shape index (κ2) is 9.50. The lowest BCUT2D eigenvalue weighted by molar-refractivity contribution is -0.138. The molecule has 4 N–H and O–H groups in total. The number of nitrogens with one attached hydrogen (secondary N) is 3. The van der Waals surface area contributed by atoms with Crippen molar-refractivity contribution in [3.05, 3.63) is 95.7 Å². The molecule has 0 aliphatic heterocycles. The number of benzene rings is 3. The Labute approximate surface area is 196 Å². The Bertz CT molecular complexity index is 1440. The summed E-state index contributed by atoms with van der Waals surface area (Å²) in [6.45, 7) is 1.92. The van der Waals surface area contributed by atoms with Gasteiger partial charge in [-0.3, -0.25) is 9.59 Å². The Morgan fingerprint density at radius 1 is 0.971 bits per heavy atom. The van der Waals surface area contributed by atoms with E-state index >= 15 is 0 Å². The van der Waals surface area contributed by atoms with Gasteiger partial charge >= 0.3 is 5.97 Å². The van der Waals surface area contributed by atoms with Crippen molar-refractivity contribution in [1.82, 2.24) is 9.71 Å². The van der Waals surface area contributed by atoms with Gasteiger partial charge in [0, 0.05) is 34.8 Å². The molecular weight excluding hydrogens is 454 g/mol. The number of carboxylic acids is 1. The third kappa shape index (κ3) is 5.16. The van der Waals surface area contributed by atoms with Crippen molar-refractivity contribution in [3.63, 3.8) is 0 Å². The molecule has 3 aromatic carbocycles. The highest BCUT2D eigenvalue weighted by Gasteiger charge is 2.26.